The minimum Gasteiger partial charge on any atom is -0.385 e. The summed E-state index contributed by atoms with van der Waals surface area (Å²) < 4.78 is 7.39. The Balaban J connectivity index is 1.83. The van der Waals surface area contributed by atoms with E-state index in [0.29, 0.717) is 6.04 Å². The molecule has 1 fully saturated rings. The fraction of sp³-hybridized carbons (Fsp3) is 0.733. The van der Waals surface area contributed by atoms with Gasteiger partial charge in [0, 0.05) is 38.7 Å². The number of hydrogen-bond acceptors (Lipinski definition) is 2. The molecule has 0 aliphatic heterocycles. The summed E-state index contributed by atoms with van der Waals surface area (Å²) in [5.74, 6) is 0.870. The Hall–Kier alpha value is -0.800. The number of unbranched alkanes of at least 4 members (excludes halogenated alkanes) is 1. The topological polar surface area (TPSA) is 26.2 Å². The Labute approximate surface area is 111 Å². The molecule has 3 nitrogen and oxygen atoms in total. The van der Waals surface area contributed by atoms with Crippen molar-refractivity contribution in [1.82, 2.24) is 9.88 Å². The van der Waals surface area contributed by atoms with Crippen LogP contribution in [0, 0.1) is 5.92 Å². The van der Waals surface area contributed by atoms with E-state index in [2.05, 4.69) is 35.3 Å². The van der Waals surface area contributed by atoms with Crippen LogP contribution in [0.15, 0.2) is 18.5 Å². The number of hydrogen-bond donors (Lipinski definition) is 1. The van der Waals surface area contributed by atoms with Gasteiger partial charge in [-0.05, 0) is 49.8 Å². The highest BCUT2D eigenvalue weighted by atomic mass is 16.5. The van der Waals surface area contributed by atoms with Gasteiger partial charge in [0.2, 0.25) is 0 Å². The molecule has 1 atom stereocenters. The van der Waals surface area contributed by atoms with Gasteiger partial charge in [-0.1, -0.05) is 6.92 Å². The predicted octanol–water partition coefficient (Wildman–Crippen LogP) is 2.98. The standard InChI is InChI=1S/C15H26N2O/c1-3-16-15(13-6-7-13)14-8-10-17(12-14)9-4-5-11-18-2/h8,10,12-13,15-16H,3-7,9,11H2,1-2H3. The van der Waals surface area contributed by atoms with Crippen LogP contribution >= 0.6 is 0 Å². The molecule has 0 amide bonds. The SMILES string of the molecule is CCNC(c1ccn(CCCCOC)c1)C1CC1. The normalized spacial score (nSPS) is 17.0. The lowest BCUT2D eigenvalue weighted by Crippen LogP contribution is -2.22. The molecule has 1 aromatic heterocycles. The number of nitrogens with one attached hydrogen (secondary N) is 1. The molecular weight excluding hydrogens is 224 g/mol. The van der Waals surface area contributed by atoms with Gasteiger partial charge in [0.25, 0.3) is 0 Å². The molecule has 0 saturated heterocycles. The van der Waals surface area contributed by atoms with Crippen LogP contribution in [0.2, 0.25) is 0 Å². The smallest absolute Gasteiger partial charge is 0.0462 e. The largest absolute Gasteiger partial charge is 0.385 e. The zero-order chi connectivity index (χ0) is 12.8. The molecule has 1 saturated carbocycles. The molecule has 18 heavy (non-hydrogen) atoms. The quantitative estimate of drug-likeness (QED) is 0.682. The third-order valence-corrected chi connectivity index (χ3v) is 3.66. The van der Waals surface area contributed by atoms with Crippen LogP contribution in [0.25, 0.3) is 0 Å². The van der Waals surface area contributed by atoms with E-state index >= 15 is 0 Å². The molecule has 0 bridgehead atoms. The summed E-state index contributed by atoms with van der Waals surface area (Å²) in [5, 5.41) is 3.62. The lowest BCUT2D eigenvalue weighted by Gasteiger charge is -2.15. The van der Waals surface area contributed by atoms with Crippen molar-refractivity contribution in [2.24, 2.45) is 5.92 Å². The Bertz CT molecular complexity index is 344. The number of ether oxygens (including phenoxy) is 1. The van der Waals surface area contributed by atoms with E-state index in [-0.39, 0.29) is 0 Å². The van der Waals surface area contributed by atoms with Crippen LogP contribution in [0.4, 0.5) is 0 Å². The minimum atomic E-state index is 0.579. The van der Waals surface area contributed by atoms with Crippen molar-refractivity contribution in [1.29, 1.82) is 0 Å². The second-order valence-electron chi connectivity index (χ2n) is 5.26. The van der Waals surface area contributed by atoms with Crippen LogP contribution < -0.4 is 5.32 Å². The van der Waals surface area contributed by atoms with Crippen molar-refractivity contribution < 1.29 is 4.74 Å². The highest BCUT2D eigenvalue weighted by Gasteiger charge is 2.31. The second-order valence-corrected chi connectivity index (χ2v) is 5.26. The summed E-state index contributed by atoms with van der Waals surface area (Å²) in [4.78, 5) is 0. The van der Waals surface area contributed by atoms with E-state index < -0.39 is 0 Å². The molecule has 2 rings (SSSR count). The van der Waals surface area contributed by atoms with Crippen molar-refractivity contribution in [2.45, 2.75) is 45.2 Å². The first-order valence-corrected chi connectivity index (χ1v) is 7.23. The molecular formula is C15H26N2O. The van der Waals surface area contributed by atoms with Crippen molar-refractivity contribution in [3.8, 4) is 0 Å². The average molecular weight is 250 g/mol. The monoisotopic (exact) mass is 250 g/mol. The Morgan fingerprint density at radius 2 is 2.28 bits per heavy atom. The van der Waals surface area contributed by atoms with E-state index in [1.54, 1.807) is 7.11 Å². The summed E-state index contributed by atoms with van der Waals surface area (Å²) >= 11 is 0. The van der Waals surface area contributed by atoms with Gasteiger partial charge in [0.05, 0.1) is 0 Å². The summed E-state index contributed by atoms with van der Waals surface area (Å²) in [6, 6.07) is 2.86. The summed E-state index contributed by atoms with van der Waals surface area (Å²) in [7, 11) is 1.77. The van der Waals surface area contributed by atoms with Crippen LogP contribution in [0.1, 0.15) is 44.2 Å². The van der Waals surface area contributed by atoms with Gasteiger partial charge in [0.15, 0.2) is 0 Å². The third kappa shape index (κ3) is 3.85. The molecule has 3 heteroatoms. The number of aromatic nitrogens is 1. The summed E-state index contributed by atoms with van der Waals surface area (Å²) in [6.45, 7) is 5.22. The number of rotatable bonds is 9. The van der Waals surface area contributed by atoms with Gasteiger partial charge < -0.3 is 14.6 Å². The van der Waals surface area contributed by atoms with E-state index in [0.717, 1.165) is 32.0 Å². The molecule has 102 valence electrons. The van der Waals surface area contributed by atoms with Crippen molar-refractivity contribution >= 4 is 0 Å². The first kappa shape index (κ1) is 13.6. The minimum absolute atomic E-state index is 0.579. The van der Waals surface area contributed by atoms with Gasteiger partial charge in [-0.15, -0.1) is 0 Å². The number of nitrogens with zero attached hydrogens (tertiary/aromatic N) is 1. The van der Waals surface area contributed by atoms with E-state index in [1.165, 1.54) is 24.8 Å². The maximum Gasteiger partial charge on any atom is 0.0462 e. The van der Waals surface area contributed by atoms with Gasteiger partial charge in [-0.2, -0.15) is 0 Å². The van der Waals surface area contributed by atoms with Gasteiger partial charge in [-0.25, -0.2) is 0 Å². The van der Waals surface area contributed by atoms with Gasteiger partial charge >= 0.3 is 0 Å². The van der Waals surface area contributed by atoms with Crippen molar-refractivity contribution in [3.63, 3.8) is 0 Å². The number of methoxy groups -OCH3 is 1. The van der Waals surface area contributed by atoms with Crippen molar-refractivity contribution in [2.75, 3.05) is 20.3 Å². The van der Waals surface area contributed by atoms with E-state index in [9.17, 15) is 0 Å². The molecule has 1 unspecified atom stereocenters. The van der Waals surface area contributed by atoms with Gasteiger partial charge in [-0.3, -0.25) is 0 Å². The van der Waals surface area contributed by atoms with Gasteiger partial charge in [0.1, 0.15) is 0 Å². The lowest BCUT2D eigenvalue weighted by atomic mass is 10.1. The predicted molar refractivity (Wildman–Crippen MR) is 74.7 cm³/mol. The van der Waals surface area contributed by atoms with Crippen molar-refractivity contribution in [3.05, 3.63) is 24.0 Å². The fourth-order valence-electron chi connectivity index (χ4n) is 2.53. The van der Waals surface area contributed by atoms with Crippen LogP contribution in [-0.4, -0.2) is 24.8 Å². The molecule has 1 aliphatic rings. The Kier molecular flexibility index (Phi) is 5.26. The zero-order valence-electron chi connectivity index (χ0n) is 11.7. The van der Waals surface area contributed by atoms with E-state index in [1.807, 2.05) is 0 Å². The first-order chi connectivity index (χ1) is 8.85. The molecule has 0 aromatic carbocycles. The summed E-state index contributed by atoms with van der Waals surface area (Å²) in [5.41, 5.74) is 1.46. The lowest BCUT2D eigenvalue weighted by molar-refractivity contribution is 0.191. The molecule has 0 spiro atoms. The zero-order valence-corrected chi connectivity index (χ0v) is 11.7. The number of aryl methyl sites for hydroxylation is 1. The van der Waals surface area contributed by atoms with Crippen LogP contribution in [-0.2, 0) is 11.3 Å². The van der Waals surface area contributed by atoms with Crippen LogP contribution in [0.5, 0.6) is 0 Å². The first-order valence-electron chi connectivity index (χ1n) is 7.23. The molecule has 1 aliphatic carbocycles. The molecule has 1 heterocycles. The second kappa shape index (κ2) is 6.95. The average Bonchev–Trinajstić information content (AvgIpc) is 3.11. The third-order valence-electron chi connectivity index (χ3n) is 3.66. The summed E-state index contributed by atoms with van der Waals surface area (Å²) in [6.07, 6.45) is 9.64. The Morgan fingerprint density at radius 3 is 2.94 bits per heavy atom. The van der Waals surface area contributed by atoms with E-state index in [4.69, 9.17) is 4.74 Å². The molecule has 1 N–H and O–H groups in total. The highest BCUT2D eigenvalue weighted by Crippen LogP contribution is 2.40. The highest BCUT2D eigenvalue weighted by molar-refractivity contribution is 5.18. The maximum absolute atomic E-state index is 5.08. The fourth-order valence-corrected chi connectivity index (χ4v) is 2.53. The molecule has 0 radical (unpaired) electrons. The molecule has 1 aromatic rings. The Morgan fingerprint density at radius 1 is 1.44 bits per heavy atom. The maximum atomic E-state index is 5.08. The van der Waals surface area contributed by atoms with Crippen LogP contribution in [0.3, 0.4) is 0 Å².